The largest absolute Gasteiger partial charge is 0.391 e. The predicted octanol–water partition coefficient (Wildman–Crippen LogP) is 0.916. The molecule has 0 aromatic carbocycles. The van der Waals surface area contributed by atoms with Crippen molar-refractivity contribution in [3.8, 4) is 6.07 Å². The second-order valence-electron chi connectivity index (χ2n) is 6.59. The van der Waals surface area contributed by atoms with E-state index in [1.54, 1.807) is 6.20 Å². The van der Waals surface area contributed by atoms with Gasteiger partial charge in [-0.05, 0) is 31.4 Å². The van der Waals surface area contributed by atoms with Crippen LogP contribution < -0.4 is 9.80 Å². The van der Waals surface area contributed by atoms with Crippen molar-refractivity contribution in [1.29, 1.82) is 5.26 Å². The molecule has 0 saturated carbocycles. The van der Waals surface area contributed by atoms with Crippen molar-refractivity contribution in [2.75, 3.05) is 29.4 Å². The Morgan fingerprint density at radius 1 is 1.20 bits per heavy atom. The summed E-state index contributed by atoms with van der Waals surface area (Å²) in [4.78, 5) is 13.4. The fourth-order valence-corrected chi connectivity index (χ4v) is 3.52. The van der Waals surface area contributed by atoms with Crippen LogP contribution in [0.15, 0.2) is 18.3 Å². The molecule has 8 heteroatoms. The summed E-state index contributed by atoms with van der Waals surface area (Å²) in [5.41, 5.74) is 1.46. The summed E-state index contributed by atoms with van der Waals surface area (Å²) in [6.45, 7) is 3.81. The van der Waals surface area contributed by atoms with Gasteiger partial charge in [0.2, 0.25) is 5.95 Å². The van der Waals surface area contributed by atoms with Crippen LogP contribution in [0, 0.1) is 11.3 Å². The van der Waals surface area contributed by atoms with Crippen molar-refractivity contribution in [3.05, 3.63) is 29.7 Å². The Morgan fingerprint density at radius 3 is 2.92 bits per heavy atom. The molecule has 0 spiro atoms. The fourth-order valence-electron chi connectivity index (χ4n) is 3.52. The van der Waals surface area contributed by atoms with Crippen LogP contribution in [0.3, 0.4) is 0 Å². The van der Waals surface area contributed by atoms with Crippen LogP contribution in [-0.4, -0.2) is 50.6 Å². The molecule has 1 fully saturated rings. The van der Waals surface area contributed by atoms with Gasteiger partial charge in [-0.3, -0.25) is 4.68 Å². The van der Waals surface area contributed by atoms with E-state index in [2.05, 4.69) is 26.0 Å². The highest BCUT2D eigenvalue weighted by atomic mass is 16.3. The third-order valence-electron chi connectivity index (χ3n) is 4.76. The lowest BCUT2D eigenvalue weighted by Gasteiger charge is -2.31. The molecule has 4 rings (SSSR count). The Labute approximate surface area is 146 Å². The first kappa shape index (κ1) is 15.8. The number of rotatable bonds is 2. The van der Waals surface area contributed by atoms with Gasteiger partial charge >= 0.3 is 0 Å². The van der Waals surface area contributed by atoms with Crippen LogP contribution in [0.4, 0.5) is 11.8 Å². The number of aryl methyl sites for hydroxylation is 1. The molecular formula is C17H21N7O. The van der Waals surface area contributed by atoms with Gasteiger partial charge in [0.1, 0.15) is 11.9 Å². The Kier molecular flexibility index (Phi) is 4.24. The van der Waals surface area contributed by atoms with E-state index in [9.17, 15) is 5.11 Å². The Hall–Kier alpha value is -2.66. The number of nitriles is 1. The number of aliphatic hydroxyl groups excluding tert-OH is 1. The molecule has 1 atom stereocenters. The summed E-state index contributed by atoms with van der Waals surface area (Å²) in [6.07, 6.45) is 4.24. The number of fused-ring (bicyclic) bond motifs is 1. The lowest BCUT2D eigenvalue weighted by atomic mass is 10.1. The molecule has 1 N–H and O–H groups in total. The minimum Gasteiger partial charge on any atom is -0.391 e. The van der Waals surface area contributed by atoms with E-state index < -0.39 is 0 Å². The Morgan fingerprint density at radius 2 is 2.08 bits per heavy atom. The van der Waals surface area contributed by atoms with Crippen LogP contribution in [0.25, 0.3) is 0 Å². The van der Waals surface area contributed by atoms with Gasteiger partial charge in [0, 0.05) is 32.4 Å². The lowest BCUT2D eigenvalue weighted by Crippen LogP contribution is -2.39. The van der Waals surface area contributed by atoms with E-state index >= 15 is 0 Å². The molecule has 0 unspecified atom stereocenters. The molecule has 0 bridgehead atoms. The maximum Gasteiger partial charge on any atom is 0.227 e. The number of piperidine rings is 1. The number of aromatic nitrogens is 4. The van der Waals surface area contributed by atoms with Gasteiger partial charge in [-0.1, -0.05) is 0 Å². The number of hydrogen-bond donors (Lipinski definition) is 1. The maximum absolute atomic E-state index is 9.90. The molecule has 8 nitrogen and oxygen atoms in total. The molecule has 0 aliphatic carbocycles. The average molecular weight is 339 g/mol. The number of anilines is 2. The van der Waals surface area contributed by atoms with Crippen molar-refractivity contribution in [2.24, 2.45) is 0 Å². The molecule has 0 amide bonds. The number of aliphatic hydroxyl groups is 1. The predicted molar refractivity (Wildman–Crippen MR) is 92.1 cm³/mol. The number of nitrogens with zero attached hydrogens (tertiary/aromatic N) is 7. The summed E-state index contributed by atoms with van der Waals surface area (Å²) in [5, 5.41) is 23.3. The van der Waals surface area contributed by atoms with Gasteiger partial charge in [-0.15, -0.1) is 0 Å². The molecule has 130 valence electrons. The first-order chi connectivity index (χ1) is 12.2. The van der Waals surface area contributed by atoms with E-state index in [0.717, 1.165) is 50.4 Å². The minimum absolute atomic E-state index is 0.288. The minimum atomic E-state index is -0.288. The van der Waals surface area contributed by atoms with Crippen molar-refractivity contribution in [3.63, 3.8) is 0 Å². The summed E-state index contributed by atoms with van der Waals surface area (Å²) < 4.78 is 1.91. The Bertz CT molecular complexity index is 797. The molecule has 0 radical (unpaired) electrons. The van der Waals surface area contributed by atoms with Gasteiger partial charge in [-0.25, -0.2) is 4.98 Å². The van der Waals surface area contributed by atoms with Crippen LogP contribution in [-0.2, 0) is 13.1 Å². The highest BCUT2D eigenvalue weighted by Gasteiger charge is 2.22. The molecule has 4 heterocycles. The first-order valence-corrected chi connectivity index (χ1v) is 8.71. The molecule has 2 aliphatic heterocycles. The number of β-amino-alcohol motifs (C(OH)–C–C–N with tert-alkyl or cyclic N) is 1. The fraction of sp³-hybridized carbons (Fsp3) is 0.529. The highest BCUT2D eigenvalue weighted by molar-refractivity contribution is 5.44. The second kappa shape index (κ2) is 6.69. The van der Waals surface area contributed by atoms with E-state index in [0.29, 0.717) is 24.7 Å². The van der Waals surface area contributed by atoms with Gasteiger partial charge in [0.05, 0.1) is 18.3 Å². The Balaban J connectivity index is 1.57. The van der Waals surface area contributed by atoms with Crippen LogP contribution in [0.5, 0.6) is 0 Å². The lowest BCUT2D eigenvalue weighted by molar-refractivity contribution is 0.154. The van der Waals surface area contributed by atoms with Crippen LogP contribution in [0.2, 0.25) is 0 Å². The molecule has 25 heavy (non-hydrogen) atoms. The zero-order valence-electron chi connectivity index (χ0n) is 14.0. The zero-order valence-corrected chi connectivity index (χ0v) is 14.0. The quantitative estimate of drug-likeness (QED) is 0.869. The van der Waals surface area contributed by atoms with Crippen LogP contribution in [0.1, 0.15) is 30.7 Å². The first-order valence-electron chi connectivity index (χ1n) is 8.71. The van der Waals surface area contributed by atoms with E-state index in [1.807, 2.05) is 16.8 Å². The number of hydrogen-bond acceptors (Lipinski definition) is 7. The summed E-state index contributed by atoms with van der Waals surface area (Å²) >= 11 is 0. The summed E-state index contributed by atoms with van der Waals surface area (Å²) in [6, 6.07) is 5.84. The zero-order chi connectivity index (χ0) is 17.2. The van der Waals surface area contributed by atoms with Crippen molar-refractivity contribution in [1.82, 2.24) is 19.7 Å². The normalized spacial score (nSPS) is 20.7. The highest BCUT2D eigenvalue weighted by Crippen LogP contribution is 2.22. The van der Waals surface area contributed by atoms with Crippen molar-refractivity contribution >= 4 is 11.8 Å². The van der Waals surface area contributed by atoms with Crippen molar-refractivity contribution in [2.45, 2.75) is 38.5 Å². The maximum atomic E-state index is 9.90. The molecule has 1 saturated heterocycles. The molecule has 2 aromatic heterocycles. The van der Waals surface area contributed by atoms with E-state index in [-0.39, 0.29) is 6.10 Å². The standard InChI is InChI=1S/C17H21N7O/c18-10-13-9-14-11-23(7-2-8-24(14)21-13)17-19-5-4-16(20-17)22-6-1-3-15(25)12-22/h4-5,9,15,25H,1-3,6-8,11-12H2/t15-/m1/s1. The van der Waals surface area contributed by atoms with Gasteiger partial charge in [-0.2, -0.15) is 15.3 Å². The van der Waals surface area contributed by atoms with Crippen molar-refractivity contribution < 1.29 is 5.11 Å². The van der Waals surface area contributed by atoms with E-state index in [4.69, 9.17) is 10.2 Å². The van der Waals surface area contributed by atoms with Gasteiger partial charge in [0.25, 0.3) is 0 Å². The average Bonchev–Trinajstić information content (AvgIpc) is 2.92. The smallest absolute Gasteiger partial charge is 0.227 e. The molecular weight excluding hydrogens is 318 g/mol. The van der Waals surface area contributed by atoms with Crippen LogP contribution >= 0.6 is 0 Å². The second-order valence-corrected chi connectivity index (χ2v) is 6.59. The SMILES string of the molecule is N#Cc1cc2n(n1)CCCN(c1nccc(N3CCC[C@@H](O)C3)n1)C2. The summed E-state index contributed by atoms with van der Waals surface area (Å²) in [7, 11) is 0. The summed E-state index contributed by atoms with van der Waals surface area (Å²) in [5.74, 6) is 1.55. The van der Waals surface area contributed by atoms with Gasteiger partial charge in [0.15, 0.2) is 5.69 Å². The molecule has 2 aromatic rings. The third-order valence-corrected chi connectivity index (χ3v) is 4.76. The monoisotopic (exact) mass is 339 g/mol. The third kappa shape index (κ3) is 3.28. The molecule has 2 aliphatic rings. The topological polar surface area (TPSA) is 94.1 Å². The van der Waals surface area contributed by atoms with E-state index in [1.165, 1.54) is 0 Å². The van der Waals surface area contributed by atoms with Gasteiger partial charge < -0.3 is 14.9 Å².